The Kier molecular flexibility index (Phi) is 3.09. The minimum absolute atomic E-state index is 0.271. The van der Waals surface area contributed by atoms with Gasteiger partial charge in [-0.1, -0.05) is 33.8 Å². The van der Waals surface area contributed by atoms with Crippen LogP contribution in [-0.4, -0.2) is 9.55 Å². The molecule has 0 aliphatic carbocycles. The first-order chi connectivity index (χ1) is 8.29. The average molecular weight is 245 g/mol. The van der Waals surface area contributed by atoms with Crippen LogP contribution in [0.3, 0.4) is 0 Å². The minimum atomic E-state index is 0.271. The van der Waals surface area contributed by atoms with Crippen molar-refractivity contribution in [2.75, 3.05) is 5.73 Å². The summed E-state index contributed by atoms with van der Waals surface area (Å²) in [5, 5.41) is 0. The Morgan fingerprint density at radius 1 is 1.33 bits per heavy atom. The summed E-state index contributed by atoms with van der Waals surface area (Å²) in [5.41, 5.74) is 9.69. The summed E-state index contributed by atoms with van der Waals surface area (Å²) in [6.07, 6.45) is 0. The fraction of sp³-hybridized carbons (Fsp3) is 0.533. The SMILES string of the molecule is Cc1ccc2nc(N)n(CC(C)C(C)(C)C)c2c1. The Bertz CT molecular complexity index is 561. The smallest absolute Gasteiger partial charge is 0.201 e. The van der Waals surface area contributed by atoms with Gasteiger partial charge in [0.05, 0.1) is 11.0 Å². The zero-order valence-corrected chi connectivity index (χ0v) is 12.0. The number of rotatable bonds is 2. The predicted octanol–water partition coefficient (Wildman–Crippen LogP) is 3.61. The number of imidazole rings is 1. The van der Waals surface area contributed by atoms with E-state index in [4.69, 9.17) is 5.73 Å². The van der Waals surface area contributed by atoms with E-state index in [0.717, 1.165) is 17.6 Å². The number of hydrogen-bond acceptors (Lipinski definition) is 2. The van der Waals surface area contributed by atoms with Crippen LogP contribution in [0.2, 0.25) is 0 Å². The first kappa shape index (κ1) is 12.9. The van der Waals surface area contributed by atoms with E-state index in [-0.39, 0.29) is 5.41 Å². The molecule has 3 heteroatoms. The van der Waals surface area contributed by atoms with Crippen LogP contribution in [0.25, 0.3) is 11.0 Å². The highest BCUT2D eigenvalue weighted by Gasteiger charge is 2.22. The number of nitrogen functional groups attached to an aromatic ring is 1. The first-order valence-electron chi connectivity index (χ1n) is 6.51. The minimum Gasteiger partial charge on any atom is -0.369 e. The molecule has 0 saturated carbocycles. The van der Waals surface area contributed by atoms with Crippen molar-refractivity contribution >= 4 is 17.0 Å². The monoisotopic (exact) mass is 245 g/mol. The Morgan fingerprint density at radius 2 is 2.00 bits per heavy atom. The van der Waals surface area contributed by atoms with E-state index in [1.165, 1.54) is 5.56 Å². The van der Waals surface area contributed by atoms with Crippen molar-refractivity contribution in [1.29, 1.82) is 0 Å². The molecule has 2 aromatic rings. The molecule has 0 spiro atoms. The van der Waals surface area contributed by atoms with Crippen LogP contribution in [0.5, 0.6) is 0 Å². The van der Waals surface area contributed by atoms with E-state index in [9.17, 15) is 0 Å². The van der Waals surface area contributed by atoms with E-state index < -0.39 is 0 Å². The summed E-state index contributed by atoms with van der Waals surface area (Å²) in [6.45, 7) is 12.1. The van der Waals surface area contributed by atoms with Gasteiger partial charge >= 0.3 is 0 Å². The van der Waals surface area contributed by atoms with Crippen LogP contribution in [0.1, 0.15) is 33.3 Å². The maximum absolute atomic E-state index is 6.05. The van der Waals surface area contributed by atoms with E-state index in [1.807, 2.05) is 6.07 Å². The number of aromatic nitrogens is 2. The second kappa shape index (κ2) is 4.30. The number of nitrogens with zero attached hydrogens (tertiary/aromatic N) is 2. The van der Waals surface area contributed by atoms with Crippen LogP contribution >= 0.6 is 0 Å². The number of benzene rings is 1. The highest BCUT2D eigenvalue weighted by molar-refractivity contribution is 5.79. The van der Waals surface area contributed by atoms with Gasteiger partial charge in [0.1, 0.15) is 0 Å². The van der Waals surface area contributed by atoms with Crippen LogP contribution in [0.4, 0.5) is 5.95 Å². The normalized spacial score (nSPS) is 14.1. The summed E-state index contributed by atoms with van der Waals surface area (Å²) >= 11 is 0. The largest absolute Gasteiger partial charge is 0.369 e. The fourth-order valence-corrected chi connectivity index (χ4v) is 1.99. The second-order valence-electron chi connectivity index (χ2n) is 6.34. The molecule has 0 radical (unpaired) electrons. The first-order valence-corrected chi connectivity index (χ1v) is 6.51. The lowest BCUT2D eigenvalue weighted by Gasteiger charge is -2.28. The lowest BCUT2D eigenvalue weighted by molar-refractivity contribution is 0.236. The van der Waals surface area contributed by atoms with E-state index in [1.54, 1.807) is 0 Å². The number of hydrogen-bond donors (Lipinski definition) is 1. The van der Waals surface area contributed by atoms with Gasteiger partial charge in [0.2, 0.25) is 5.95 Å². The Balaban J connectivity index is 2.44. The van der Waals surface area contributed by atoms with Crippen molar-refractivity contribution in [2.45, 2.75) is 41.2 Å². The molecule has 1 aromatic heterocycles. The molecule has 1 heterocycles. The molecule has 2 rings (SSSR count). The molecule has 0 fully saturated rings. The van der Waals surface area contributed by atoms with Crippen molar-refractivity contribution < 1.29 is 0 Å². The quantitative estimate of drug-likeness (QED) is 0.878. The van der Waals surface area contributed by atoms with Crippen LogP contribution in [0, 0.1) is 18.3 Å². The standard InChI is InChI=1S/C15H23N3/c1-10-6-7-12-13(8-10)18(14(16)17-12)9-11(2)15(3,4)5/h6-8,11H,9H2,1-5H3,(H2,16,17). The van der Waals surface area contributed by atoms with E-state index in [0.29, 0.717) is 11.9 Å². The zero-order valence-electron chi connectivity index (χ0n) is 12.0. The van der Waals surface area contributed by atoms with Crippen molar-refractivity contribution in [2.24, 2.45) is 11.3 Å². The van der Waals surface area contributed by atoms with Crippen molar-refractivity contribution in [3.8, 4) is 0 Å². The Morgan fingerprint density at radius 3 is 2.61 bits per heavy atom. The van der Waals surface area contributed by atoms with Gasteiger partial charge in [-0.25, -0.2) is 4.98 Å². The van der Waals surface area contributed by atoms with Gasteiger partial charge < -0.3 is 10.3 Å². The van der Waals surface area contributed by atoms with Crippen LogP contribution in [-0.2, 0) is 6.54 Å². The lowest BCUT2D eigenvalue weighted by Crippen LogP contribution is -2.23. The maximum atomic E-state index is 6.05. The van der Waals surface area contributed by atoms with Gasteiger partial charge in [-0.05, 0) is 36.0 Å². The third-order valence-electron chi connectivity index (χ3n) is 3.87. The number of anilines is 1. The third-order valence-corrected chi connectivity index (χ3v) is 3.87. The molecular formula is C15H23N3. The maximum Gasteiger partial charge on any atom is 0.201 e. The molecule has 18 heavy (non-hydrogen) atoms. The fourth-order valence-electron chi connectivity index (χ4n) is 1.99. The molecule has 0 aliphatic heterocycles. The Labute approximate surface area is 109 Å². The van der Waals surface area contributed by atoms with Gasteiger partial charge in [-0.3, -0.25) is 0 Å². The number of nitrogens with two attached hydrogens (primary N) is 1. The third kappa shape index (κ3) is 2.35. The molecule has 1 atom stereocenters. The average Bonchev–Trinajstić information content (AvgIpc) is 2.54. The van der Waals surface area contributed by atoms with Gasteiger partial charge in [-0.15, -0.1) is 0 Å². The highest BCUT2D eigenvalue weighted by atomic mass is 15.2. The van der Waals surface area contributed by atoms with Crippen molar-refractivity contribution in [1.82, 2.24) is 9.55 Å². The summed E-state index contributed by atoms with van der Waals surface area (Å²) < 4.78 is 2.14. The zero-order chi connectivity index (χ0) is 13.5. The molecular weight excluding hydrogens is 222 g/mol. The van der Waals surface area contributed by atoms with Crippen molar-refractivity contribution in [3.05, 3.63) is 23.8 Å². The Hall–Kier alpha value is -1.51. The van der Waals surface area contributed by atoms with Crippen LogP contribution in [0.15, 0.2) is 18.2 Å². The lowest BCUT2D eigenvalue weighted by atomic mass is 9.82. The molecule has 2 N–H and O–H groups in total. The number of fused-ring (bicyclic) bond motifs is 1. The van der Waals surface area contributed by atoms with E-state index in [2.05, 4.69) is 56.3 Å². The highest BCUT2D eigenvalue weighted by Crippen LogP contribution is 2.29. The molecule has 0 aliphatic rings. The number of aryl methyl sites for hydroxylation is 1. The summed E-state index contributed by atoms with van der Waals surface area (Å²) in [7, 11) is 0. The molecule has 1 unspecified atom stereocenters. The van der Waals surface area contributed by atoms with Gasteiger partial charge in [0.15, 0.2) is 0 Å². The summed E-state index contributed by atoms with van der Waals surface area (Å²) in [6, 6.07) is 6.28. The molecule has 1 aromatic carbocycles. The topological polar surface area (TPSA) is 43.8 Å². The van der Waals surface area contributed by atoms with Gasteiger partial charge in [-0.2, -0.15) is 0 Å². The van der Waals surface area contributed by atoms with Gasteiger partial charge in [0.25, 0.3) is 0 Å². The van der Waals surface area contributed by atoms with Crippen molar-refractivity contribution in [3.63, 3.8) is 0 Å². The molecule has 0 bridgehead atoms. The summed E-state index contributed by atoms with van der Waals surface area (Å²) in [5.74, 6) is 1.16. The molecule has 0 saturated heterocycles. The van der Waals surface area contributed by atoms with E-state index >= 15 is 0 Å². The molecule has 0 amide bonds. The second-order valence-corrected chi connectivity index (χ2v) is 6.34. The summed E-state index contributed by atoms with van der Waals surface area (Å²) in [4.78, 5) is 4.43. The molecule has 3 nitrogen and oxygen atoms in total. The van der Waals surface area contributed by atoms with Gasteiger partial charge in [0, 0.05) is 6.54 Å². The predicted molar refractivity (Wildman–Crippen MR) is 77.5 cm³/mol. The van der Waals surface area contributed by atoms with Crippen LogP contribution < -0.4 is 5.73 Å². The molecule has 98 valence electrons.